The molecule has 34 heavy (non-hydrogen) atoms. The first-order valence-electron chi connectivity index (χ1n) is 11.7. The van der Waals surface area contributed by atoms with Gasteiger partial charge >= 0.3 is 0 Å². The summed E-state index contributed by atoms with van der Waals surface area (Å²) in [6, 6.07) is 16.1. The van der Waals surface area contributed by atoms with Gasteiger partial charge in [0.1, 0.15) is 17.5 Å². The summed E-state index contributed by atoms with van der Waals surface area (Å²) in [4.78, 5) is 27.8. The fraction of sp³-hybridized carbons (Fsp3) is 0.346. The van der Waals surface area contributed by atoms with Crippen molar-refractivity contribution in [3.8, 4) is 11.5 Å². The lowest BCUT2D eigenvalue weighted by Crippen LogP contribution is -2.69. The number of ether oxygens (including phenoxy) is 1. The smallest absolute Gasteiger partial charge is 0.243 e. The minimum Gasteiger partial charge on any atom is -0.457 e. The average molecular weight is 479 g/mol. The Morgan fingerprint density at radius 1 is 1.12 bits per heavy atom. The van der Waals surface area contributed by atoms with Crippen molar-refractivity contribution in [3.05, 3.63) is 67.3 Å². The number of carbonyl (C=O) groups is 2. The molecule has 0 bridgehead atoms. The third-order valence-corrected chi connectivity index (χ3v) is 6.54. The van der Waals surface area contributed by atoms with Crippen molar-refractivity contribution in [1.82, 2.24) is 15.5 Å². The first kappa shape index (κ1) is 23.8. The normalized spacial score (nSPS) is 21.6. The summed E-state index contributed by atoms with van der Waals surface area (Å²) in [5, 5.41) is 9.66. The van der Waals surface area contributed by atoms with Crippen molar-refractivity contribution in [3.63, 3.8) is 0 Å². The summed E-state index contributed by atoms with van der Waals surface area (Å²) >= 11 is 5.63. The van der Waals surface area contributed by atoms with Gasteiger partial charge in [-0.1, -0.05) is 37.1 Å². The Morgan fingerprint density at radius 3 is 2.56 bits per heavy atom. The molecule has 2 amide bonds. The molecule has 2 aromatic carbocycles. The fourth-order valence-corrected chi connectivity index (χ4v) is 4.95. The van der Waals surface area contributed by atoms with Gasteiger partial charge in [-0.25, -0.2) is 0 Å². The number of benzene rings is 2. The molecule has 4 rings (SSSR count). The van der Waals surface area contributed by atoms with E-state index in [-0.39, 0.29) is 30.3 Å². The van der Waals surface area contributed by atoms with Crippen molar-refractivity contribution < 1.29 is 14.3 Å². The molecule has 1 aliphatic carbocycles. The van der Waals surface area contributed by atoms with E-state index in [0.717, 1.165) is 31.4 Å². The monoisotopic (exact) mass is 478 g/mol. The minimum atomic E-state index is -0.662. The minimum absolute atomic E-state index is 0.00717. The summed E-state index contributed by atoms with van der Waals surface area (Å²) in [6.07, 6.45) is 5.75. The molecule has 0 unspecified atom stereocenters. The molecular formula is C26H30N4O3S. The van der Waals surface area contributed by atoms with Gasteiger partial charge in [0, 0.05) is 18.3 Å². The first-order valence-corrected chi connectivity index (χ1v) is 12.1. The van der Waals surface area contributed by atoms with Crippen LogP contribution >= 0.6 is 12.2 Å². The number of nitrogens with one attached hydrogen (secondary N) is 3. The van der Waals surface area contributed by atoms with E-state index in [1.807, 2.05) is 35.2 Å². The number of hydrogen-bond acceptors (Lipinski definition) is 4. The standard InChI is InChI=1S/C26H30N4O3S/c1-2-16-27-26(34)30-22-11-7-6-10-21(22)29-25(32)23(30)17-24(31)28-18-12-14-20(15-13-18)33-19-8-4-3-5-9-19/h2-5,8-9,12-15,21-23H,1,6-7,10-11,16-17H2,(H,27,34)(H,28,31)(H,29,32)/t21-,22-,23-/m1/s1. The highest BCUT2D eigenvalue weighted by Gasteiger charge is 2.44. The van der Waals surface area contributed by atoms with Gasteiger partial charge in [0.2, 0.25) is 11.8 Å². The Labute approximate surface area is 205 Å². The highest BCUT2D eigenvalue weighted by molar-refractivity contribution is 7.80. The maximum atomic E-state index is 13.0. The summed E-state index contributed by atoms with van der Waals surface area (Å²) in [6.45, 7) is 4.23. The van der Waals surface area contributed by atoms with Crippen LogP contribution in [-0.2, 0) is 9.59 Å². The zero-order valence-corrected chi connectivity index (χ0v) is 19.9. The zero-order valence-electron chi connectivity index (χ0n) is 19.0. The lowest BCUT2D eigenvalue weighted by atomic mass is 9.85. The van der Waals surface area contributed by atoms with Gasteiger partial charge in [-0.3, -0.25) is 9.59 Å². The maximum absolute atomic E-state index is 13.0. The molecule has 2 aliphatic rings. The highest BCUT2D eigenvalue weighted by atomic mass is 32.1. The van der Waals surface area contributed by atoms with E-state index >= 15 is 0 Å². The quantitative estimate of drug-likeness (QED) is 0.413. The molecule has 0 spiro atoms. The number of para-hydroxylation sites is 1. The number of amides is 2. The molecular weight excluding hydrogens is 448 g/mol. The van der Waals surface area contributed by atoms with Gasteiger partial charge in [0.05, 0.1) is 12.5 Å². The van der Waals surface area contributed by atoms with Gasteiger partial charge in [-0.05, 0) is 61.5 Å². The second kappa shape index (κ2) is 11.2. The van der Waals surface area contributed by atoms with E-state index in [9.17, 15) is 9.59 Å². The predicted molar refractivity (Wildman–Crippen MR) is 137 cm³/mol. The van der Waals surface area contributed by atoms with Crippen LogP contribution in [0.1, 0.15) is 32.1 Å². The van der Waals surface area contributed by atoms with Crippen molar-refractivity contribution in [1.29, 1.82) is 0 Å². The van der Waals surface area contributed by atoms with E-state index in [2.05, 4.69) is 22.5 Å². The summed E-state index contributed by atoms with van der Waals surface area (Å²) in [7, 11) is 0. The Kier molecular flexibility index (Phi) is 7.80. The number of nitrogens with zero attached hydrogens (tertiary/aromatic N) is 1. The molecule has 8 heteroatoms. The van der Waals surface area contributed by atoms with Crippen LogP contribution < -0.4 is 20.7 Å². The zero-order chi connectivity index (χ0) is 23.9. The Balaban J connectivity index is 1.42. The van der Waals surface area contributed by atoms with Gasteiger partial charge in [-0.15, -0.1) is 6.58 Å². The Morgan fingerprint density at radius 2 is 1.82 bits per heavy atom. The summed E-state index contributed by atoms with van der Waals surface area (Å²) in [5.41, 5.74) is 0.635. The molecule has 7 nitrogen and oxygen atoms in total. The lowest BCUT2D eigenvalue weighted by molar-refractivity contribution is -0.134. The van der Waals surface area contributed by atoms with E-state index in [1.165, 1.54) is 0 Å². The fourth-order valence-electron chi connectivity index (χ4n) is 4.60. The molecule has 1 aliphatic heterocycles. The van der Waals surface area contributed by atoms with E-state index in [4.69, 9.17) is 17.0 Å². The third-order valence-electron chi connectivity index (χ3n) is 6.18. The highest BCUT2D eigenvalue weighted by Crippen LogP contribution is 2.30. The molecule has 3 atom stereocenters. The third kappa shape index (κ3) is 5.75. The van der Waals surface area contributed by atoms with Crippen LogP contribution in [0.4, 0.5) is 5.69 Å². The second-order valence-corrected chi connectivity index (χ2v) is 8.94. The summed E-state index contributed by atoms with van der Waals surface area (Å²) < 4.78 is 5.80. The number of piperazine rings is 1. The number of rotatable bonds is 7. The number of fused-ring (bicyclic) bond motifs is 1. The van der Waals surface area contributed by atoms with Crippen molar-refractivity contribution in [2.24, 2.45) is 0 Å². The van der Waals surface area contributed by atoms with Crippen LogP contribution in [-0.4, -0.2) is 46.5 Å². The molecule has 1 saturated heterocycles. The SMILES string of the molecule is C=CCNC(=S)N1[C@H](CC(=O)Nc2ccc(Oc3ccccc3)cc2)C(=O)N[C@@H]2CCCC[C@H]21. The Bertz CT molecular complexity index is 1030. The van der Waals surface area contributed by atoms with Crippen LogP contribution in [0.2, 0.25) is 0 Å². The largest absolute Gasteiger partial charge is 0.457 e. The van der Waals surface area contributed by atoms with Crippen LogP contribution in [0.3, 0.4) is 0 Å². The number of thiocarbonyl (C=S) groups is 1. The number of anilines is 1. The molecule has 0 radical (unpaired) electrons. The van der Waals surface area contributed by atoms with E-state index in [1.54, 1.807) is 30.3 Å². The first-order chi connectivity index (χ1) is 16.5. The van der Waals surface area contributed by atoms with Crippen molar-refractivity contribution >= 4 is 34.8 Å². The summed E-state index contributed by atoms with van der Waals surface area (Å²) in [5.74, 6) is 1.00. The topological polar surface area (TPSA) is 82.7 Å². The van der Waals surface area contributed by atoms with Crippen molar-refractivity contribution in [2.45, 2.75) is 50.2 Å². The van der Waals surface area contributed by atoms with E-state index < -0.39 is 6.04 Å². The molecule has 3 N–H and O–H groups in total. The lowest BCUT2D eigenvalue weighted by Gasteiger charge is -2.49. The van der Waals surface area contributed by atoms with Crippen molar-refractivity contribution in [2.75, 3.05) is 11.9 Å². The molecule has 2 fully saturated rings. The second-order valence-electron chi connectivity index (χ2n) is 8.56. The molecule has 2 aromatic rings. The Hall–Kier alpha value is -3.39. The average Bonchev–Trinajstić information content (AvgIpc) is 2.85. The molecule has 1 saturated carbocycles. The molecule has 178 valence electrons. The van der Waals surface area contributed by atoms with Crippen LogP contribution in [0.15, 0.2) is 67.3 Å². The predicted octanol–water partition coefficient (Wildman–Crippen LogP) is 3.98. The van der Waals surface area contributed by atoms with Crippen LogP contribution in [0.5, 0.6) is 11.5 Å². The van der Waals surface area contributed by atoms with Gasteiger partial charge < -0.3 is 25.6 Å². The van der Waals surface area contributed by atoms with Crippen LogP contribution in [0.25, 0.3) is 0 Å². The maximum Gasteiger partial charge on any atom is 0.243 e. The van der Waals surface area contributed by atoms with Gasteiger partial charge in [0.15, 0.2) is 5.11 Å². The molecule has 1 heterocycles. The molecule has 0 aromatic heterocycles. The van der Waals surface area contributed by atoms with E-state index in [0.29, 0.717) is 23.1 Å². The van der Waals surface area contributed by atoms with Gasteiger partial charge in [-0.2, -0.15) is 0 Å². The van der Waals surface area contributed by atoms with Gasteiger partial charge in [0.25, 0.3) is 0 Å². The number of carbonyl (C=O) groups excluding carboxylic acids is 2. The van der Waals surface area contributed by atoms with Crippen LogP contribution in [0, 0.1) is 0 Å². The number of hydrogen-bond donors (Lipinski definition) is 3.